The van der Waals surface area contributed by atoms with Gasteiger partial charge in [-0.3, -0.25) is 14.6 Å². The average molecular weight is 515 g/mol. The van der Waals surface area contributed by atoms with E-state index in [1.54, 1.807) is 0 Å². The lowest BCUT2D eigenvalue weighted by atomic mass is 10.1. The number of aromatic nitrogens is 3. The monoisotopic (exact) mass is 514 g/mol. The van der Waals surface area contributed by atoms with Crippen molar-refractivity contribution < 1.29 is 9.21 Å². The summed E-state index contributed by atoms with van der Waals surface area (Å²) in [5, 5.41) is 7.89. The summed E-state index contributed by atoms with van der Waals surface area (Å²) in [6, 6.07) is 18.4. The maximum absolute atomic E-state index is 12.8. The van der Waals surface area contributed by atoms with Gasteiger partial charge in [0, 0.05) is 18.8 Å². The van der Waals surface area contributed by atoms with Crippen LogP contribution in [0, 0.1) is 12.8 Å². The first-order valence-electron chi connectivity index (χ1n) is 13.6. The van der Waals surface area contributed by atoms with E-state index < -0.39 is 0 Å². The van der Waals surface area contributed by atoms with Gasteiger partial charge in [0.15, 0.2) is 5.58 Å². The number of amides is 1. The van der Waals surface area contributed by atoms with Gasteiger partial charge in [-0.1, -0.05) is 38.1 Å². The van der Waals surface area contributed by atoms with Gasteiger partial charge in [0.1, 0.15) is 5.52 Å². The fraction of sp³-hybridized carbons (Fsp3) is 0.433. The fourth-order valence-electron chi connectivity index (χ4n) is 5.05. The van der Waals surface area contributed by atoms with Gasteiger partial charge in [-0.25, -0.2) is 9.67 Å². The van der Waals surface area contributed by atoms with Gasteiger partial charge in [-0.2, -0.15) is 5.10 Å². The molecule has 0 saturated carbocycles. The van der Waals surface area contributed by atoms with Crippen molar-refractivity contribution in [1.82, 2.24) is 29.9 Å². The summed E-state index contributed by atoms with van der Waals surface area (Å²) in [5.74, 6) is 1.31. The van der Waals surface area contributed by atoms with Crippen molar-refractivity contribution in [3.63, 3.8) is 0 Å². The number of nitrogens with zero attached hydrogens (tertiary/aromatic N) is 5. The number of para-hydroxylation sites is 1. The topological polar surface area (TPSA) is 79.4 Å². The maximum atomic E-state index is 12.8. The number of carbonyl (C=O) groups excluding carboxylic acids is 1. The molecule has 1 saturated heterocycles. The molecule has 0 radical (unpaired) electrons. The first-order valence-corrected chi connectivity index (χ1v) is 13.6. The number of hydrogen-bond donors (Lipinski definition) is 1. The molecule has 3 heterocycles. The highest BCUT2D eigenvalue weighted by Crippen LogP contribution is 2.19. The molecule has 5 rings (SSSR count). The Morgan fingerprint density at radius 1 is 1.03 bits per heavy atom. The molecule has 0 aliphatic carbocycles. The lowest BCUT2D eigenvalue weighted by Gasteiger charge is -2.20. The Kier molecular flexibility index (Phi) is 8.20. The van der Waals surface area contributed by atoms with E-state index in [1.165, 1.54) is 5.56 Å². The number of rotatable bonds is 9. The summed E-state index contributed by atoms with van der Waals surface area (Å²) >= 11 is 0. The van der Waals surface area contributed by atoms with Gasteiger partial charge in [0.25, 0.3) is 0 Å². The Hall–Kier alpha value is -3.49. The maximum Gasteiger partial charge on any atom is 0.234 e. The van der Waals surface area contributed by atoms with Crippen LogP contribution in [0.15, 0.2) is 59.0 Å². The second-order valence-electron chi connectivity index (χ2n) is 10.7. The number of oxazole rings is 1. The molecule has 1 amide bonds. The van der Waals surface area contributed by atoms with E-state index in [4.69, 9.17) is 9.52 Å². The number of aryl methyl sites for hydroxylation is 1. The van der Waals surface area contributed by atoms with E-state index in [0.29, 0.717) is 25.6 Å². The van der Waals surface area contributed by atoms with Crippen molar-refractivity contribution >= 4 is 17.0 Å². The van der Waals surface area contributed by atoms with E-state index in [2.05, 4.69) is 65.1 Å². The highest BCUT2D eigenvalue weighted by atomic mass is 16.3. The molecule has 2 aromatic carbocycles. The number of fused-ring (bicyclic) bond motifs is 1. The molecule has 2 aromatic heterocycles. The summed E-state index contributed by atoms with van der Waals surface area (Å²) in [6.07, 6.45) is 1.94. The van der Waals surface area contributed by atoms with Crippen LogP contribution >= 0.6 is 0 Å². The molecule has 0 bridgehead atoms. The van der Waals surface area contributed by atoms with Crippen LogP contribution in [0.4, 0.5) is 0 Å². The Balaban J connectivity index is 1.12. The molecule has 4 aromatic rings. The van der Waals surface area contributed by atoms with Crippen LogP contribution < -0.4 is 5.32 Å². The van der Waals surface area contributed by atoms with Gasteiger partial charge in [0.05, 0.1) is 31.0 Å². The largest absolute Gasteiger partial charge is 0.439 e. The molecule has 8 nitrogen and oxygen atoms in total. The van der Waals surface area contributed by atoms with Gasteiger partial charge >= 0.3 is 0 Å². The molecular formula is C30H38N6O2. The molecule has 0 atom stereocenters. The Morgan fingerprint density at radius 2 is 1.82 bits per heavy atom. The number of carbonyl (C=O) groups is 1. The Labute approximate surface area is 224 Å². The summed E-state index contributed by atoms with van der Waals surface area (Å²) in [7, 11) is 0. The van der Waals surface area contributed by atoms with Crippen molar-refractivity contribution in [3.8, 4) is 5.69 Å². The Bertz CT molecular complexity index is 1360. The first kappa shape index (κ1) is 26.1. The molecule has 1 aliphatic rings. The zero-order chi connectivity index (χ0) is 26.5. The smallest absolute Gasteiger partial charge is 0.234 e. The highest BCUT2D eigenvalue weighted by molar-refractivity contribution is 5.78. The molecule has 38 heavy (non-hydrogen) atoms. The van der Waals surface area contributed by atoms with Crippen LogP contribution in [0.3, 0.4) is 0 Å². The van der Waals surface area contributed by atoms with Crippen molar-refractivity contribution in [2.45, 2.75) is 46.7 Å². The van der Waals surface area contributed by atoms with E-state index in [1.807, 2.05) is 35.0 Å². The normalized spacial score (nSPS) is 15.3. The predicted octanol–water partition coefficient (Wildman–Crippen LogP) is 4.34. The second-order valence-corrected chi connectivity index (χ2v) is 10.7. The molecule has 1 N–H and O–H groups in total. The van der Waals surface area contributed by atoms with Crippen LogP contribution in [0.1, 0.15) is 43.1 Å². The third kappa shape index (κ3) is 6.68. The third-order valence-corrected chi connectivity index (χ3v) is 6.91. The van der Waals surface area contributed by atoms with Gasteiger partial charge in [-0.15, -0.1) is 0 Å². The molecular weight excluding hydrogens is 476 g/mol. The number of hydrogen-bond acceptors (Lipinski definition) is 6. The summed E-state index contributed by atoms with van der Waals surface area (Å²) in [6.45, 7) is 11.6. The lowest BCUT2D eigenvalue weighted by Crippen LogP contribution is -2.39. The zero-order valence-corrected chi connectivity index (χ0v) is 22.7. The highest BCUT2D eigenvalue weighted by Gasteiger charge is 2.19. The summed E-state index contributed by atoms with van der Waals surface area (Å²) < 4.78 is 7.98. The van der Waals surface area contributed by atoms with Crippen LogP contribution in [0.5, 0.6) is 0 Å². The van der Waals surface area contributed by atoms with E-state index in [9.17, 15) is 4.79 Å². The minimum atomic E-state index is 0.0347. The van der Waals surface area contributed by atoms with Crippen LogP contribution in [-0.4, -0.2) is 63.2 Å². The van der Waals surface area contributed by atoms with Gasteiger partial charge < -0.3 is 9.73 Å². The Morgan fingerprint density at radius 3 is 2.63 bits per heavy atom. The molecule has 1 aliphatic heterocycles. The van der Waals surface area contributed by atoms with Crippen molar-refractivity contribution in [3.05, 3.63) is 77.4 Å². The quantitative estimate of drug-likeness (QED) is 0.358. The van der Waals surface area contributed by atoms with Gasteiger partial charge in [-0.05, 0) is 74.7 Å². The standard InChI is InChI=1S/C30H38N6O2/c1-22(2)16-26-18-24(33-36(26)25-8-5-4-6-9-25)19-31-29(37)20-34-12-7-13-35(15-14-34)21-30-32-27-11-10-23(3)17-28(27)38-30/h4-6,8-11,17-18,22H,7,12-16,19-21H2,1-3H3,(H,31,37). The summed E-state index contributed by atoms with van der Waals surface area (Å²) in [4.78, 5) is 22.1. The molecule has 8 heteroatoms. The molecule has 0 spiro atoms. The number of nitrogens with one attached hydrogen (secondary N) is 1. The van der Waals surface area contributed by atoms with Crippen LogP contribution in [0.25, 0.3) is 16.8 Å². The minimum Gasteiger partial charge on any atom is -0.439 e. The third-order valence-electron chi connectivity index (χ3n) is 6.91. The van der Waals surface area contributed by atoms with Crippen molar-refractivity contribution in [2.75, 3.05) is 32.7 Å². The number of benzene rings is 2. The van der Waals surface area contributed by atoms with E-state index in [-0.39, 0.29) is 5.91 Å². The van der Waals surface area contributed by atoms with Crippen LogP contribution in [-0.2, 0) is 24.3 Å². The average Bonchev–Trinajstić information content (AvgIpc) is 3.41. The summed E-state index contributed by atoms with van der Waals surface area (Å²) in [5.41, 5.74) is 6.01. The van der Waals surface area contributed by atoms with Crippen molar-refractivity contribution in [2.24, 2.45) is 5.92 Å². The second kappa shape index (κ2) is 11.9. The SMILES string of the molecule is Cc1ccc2nc(CN3CCCN(CC(=O)NCc4cc(CC(C)C)n(-c5ccccc5)n4)CC3)oc2c1. The van der Waals surface area contributed by atoms with E-state index in [0.717, 1.165) is 73.1 Å². The lowest BCUT2D eigenvalue weighted by molar-refractivity contribution is -0.122. The predicted molar refractivity (Wildman–Crippen MR) is 149 cm³/mol. The fourth-order valence-corrected chi connectivity index (χ4v) is 5.05. The minimum absolute atomic E-state index is 0.0347. The zero-order valence-electron chi connectivity index (χ0n) is 22.7. The van der Waals surface area contributed by atoms with E-state index >= 15 is 0 Å². The first-order chi connectivity index (χ1) is 18.4. The molecule has 1 fully saturated rings. The van der Waals surface area contributed by atoms with Gasteiger partial charge in [0.2, 0.25) is 11.8 Å². The van der Waals surface area contributed by atoms with Crippen LogP contribution in [0.2, 0.25) is 0 Å². The van der Waals surface area contributed by atoms with Crippen molar-refractivity contribution in [1.29, 1.82) is 0 Å². The molecule has 0 unspecified atom stereocenters. The molecule has 200 valence electrons.